The molecule has 5 nitrogen and oxygen atoms in total. The molecule has 20 heavy (non-hydrogen) atoms. The summed E-state index contributed by atoms with van der Waals surface area (Å²) in [6, 6.07) is 0.161. The van der Waals surface area contributed by atoms with Crippen LogP contribution in [-0.4, -0.2) is 59.3 Å². The van der Waals surface area contributed by atoms with E-state index in [1.54, 1.807) is 0 Å². The molecule has 0 saturated carbocycles. The van der Waals surface area contributed by atoms with Gasteiger partial charge in [-0.3, -0.25) is 4.90 Å². The molecule has 0 spiro atoms. The predicted molar refractivity (Wildman–Crippen MR) is 84.3 cm³/mol. The van der Waals surface area contributed by atoms with Gasteiger partial charge in [-0.15, -0.1) is 0 Å². The SMILES string of the molecule is Cc1nc(C(C)C)nc(N2CCN(C)C(CO)C2)c1Br. The number of aromatic nitrogens is 2. The number of anilines is 1. The first-order valence-corrected chi connectivity index (χ1v) is 7.83. The molecule has 6 heteroatoms. The molecule has 1 fully saturated rings. The maximum atomic E-state index is 9.48. The van der Waals surface area contributed by atoms with Gasteiger partial charge in [-0.1, -0.05) is 13.8 Å². The lowest BCUT2D eigenvalue weighted by atomic mass is 10.1. The zero-order valence-corrected chi connectivity index (χ0v) is 14.2. The van der Waals surface area contributed by atoms with Crippen molar-refractivity contribution >= 4 is 21.7 Å². The molecule has 1 atom stereocenters. The third kappa shape index (κ3) is 3.13. The summed E-state index contributed by atoms with van der Waals surface area (Å²) in [5.41, 5.74) is 0.971. The average Bonchev–Trinajstić information content (AvgIpc) is 2.42. The van der Waals surface area contributed by atoms with Gasteiger partial charge in [-0.25, -0.2) is 9.97 Å². The minimum absolute atomic E-state index is 0.161. The van der Waals surface area contributed by atoms with E-state index in [0.717, 1.165) is 41.4 Å². The van der Waals surface area contributed by atoms with Crippen molar-refractivity contribution in [2.75, 3.05) is 38.2 Å². The smallest absolute Gasteiger partial charge is 0.147 e. The largest absolute Gasteiger partial charge is 0.395 e. The molecule has 1 N–H and O–H groups in total. The number of hydrogen-bond donors (Lipinski definition) is 1. The summed E-state index contributed by atoms with van der Waals surface area (Å²) in [5, 5.41) is 9.48. The second-order valence-corrected chi connectivity index (χ2v) is 6.52. The lowest BCUT2D eigenvalue weighted by Crippen LogP contribution is -2.53. The number of piperazine rings is 1. The maximum Gasteiger partial charge on any atom is 0.147 e. The van der Waals surface area contributed by atoms with Crippen LogP contribution in [0.5, 0.6) is 0 Å². The van der Waals surface area contributed by atoms with E-state index in [2.05, 4.69) is 51.6 Å². The second kappa shape index (κ2) is 6.37. The van der Waals surface area contributed by atoms with Crippen molar-refractivity contribution in [3.8, 4) is 0 Å². The molecular weight excluding hydrogens is 320 g/mol. The van der Waals surface area contributed by atoms with Crippen LogP contribution in [-0.2, 0) is 0 Å². The fourth-order valence-electron chi connectivity index (χ4n) is 2.37. The Morgan fingerprint density at radius 3 is 2.65 bits per heavy atom. The molecule has 0 radical (unpaired) electrons. The van der Waals surface area contributed by atoms with E-state index in [0.29, 0.717) is 5.92 Å². The topological polar surface area (TPSA) is 52.5 Å². The molecule has 1 aliphatic rings. The highest BCUT2D eigenvalue weighted by molar-refractivity contribution is 9.10. The van der Waals surface area contributed by atoms with E-state index in [-0.39, 0.29) is 12.6 Å². The fourth-order valence-corrected chi connectivity index (χ4v) is 2.80. The summed E-state index contributed by atoms with van der Waals surface area (Å²) in [4.78, 5) is 13.7. The van der Waals surface area contributed by atoms with Crippen molar-refractivity contribution in [2.24, 2.45) is 0 Å². The molecule has 2 rings (SSSR count). The molecule has 1 aliphatic heterocycles. The van der Waals surface area contributed by atoms with Gasteiger partial charge in [0.2, 0.25) is 0 Å². The molecule has 112 valence electrons. The van der Waals surface area contributed by atoms with Gasteiger partial charge in [0.05, 0.1) is 22.8 Å². The molecule has 1 saturated heterocycles. The summed E-state index contributed by atoms with van der Waals surface area (Å²) in [7, 11) is 2.05. The van der Waals surface area contributed by atoms with Crippen LogP contribution in [0.3, 0.4) is 0 Å². The Hall–Kier alpha value is -0.720. The van der Waals surface area contributed by atoms with E-state index in [4.69, 9.17) is 4.98 Å². The van der Waals surface area contributed by atoms with Crippen LogP contribution in [0.2, 0.25) is 0 Å². The van der Waals surface area contributed by atoms with E-state index in [1.807, 2.05) is 6.92 Å². The highest BCUT2D eigenvalue weighted by atomic mass is 79.9. The highest BCUT2D eigenvalue weighted by Crippen LogP contribution is 2.29. The monoisotopic (exact) mass is 342 g/mol. The summed E-state index contributed by atoms with van der Waals surface area (Å²) in [5.74, 6) is 2.13. The van der Waals surface area contributed by atoms with Gasteiger partial charge in [0.25, 0.3) is 0 Å². The minimum Gasteiger partial charge on any atom is -0.395 e. The Balaban J connectivity index is 2.32. The fraction of sp³-hybridized carbons (Fsp3) is 0.714. The molecular formula is C14H23BrN4O. The van der Waals surface area contributed by atoms with E-state index in [9.17, 15) is 5.11 Å². The molecule has 0 amide bonds. The average molecular weight is 343 g/mol. The predicted octanol–water partition coefficient (Wildman–Crippen LogP) is 1.78. The lowest BCUT2D eigenvalue weighted by Gasteiger charge is -2.39. The Morgan fingerprint density at radius 2 is 2.05 bits per heavy atom. The molecule has 0 aromatic carbocycles. The highest BCUT2D eigenvalue weighted by Gasteiger charge is 2.26. The van der Waals surface area contributed by atoms with Crippen molar-refractivity contribution < 1.29 is 5.11 Å². The van der Waals surface area contributed by atoms with Gasteiger partial charge in [0, 0.05) is 25.6 Å². The zero-order chi connectivity index (χ0) is 14.9. The van der Waals surface area contributed by atoms with Crippen molar-refractivity contribution in [2.45, 2.75) is 32.7 Å². The molecule has 2 heterocycles. The number of aliphatic hydroxyl groups is 1. The first-order chi connectivity index (χ1) is 9.43. The standard InChI is InChI=1S/C14H23BrN4O/c1-9(2)13-16-10(3)12(15)14(17-13)19-6-5-18(4)11(7-19)8-20/h9,11,20H,5-8H2,1-4H3. The van der Waals surface area contributed by atoms with Crippen molar-refractivity contribution in [3.05, 3.63) is 16.0 Å². The number of nitrogens with zero attached hydrogens (tertiary/aromatic N) is 4. The summed E-state index contributed by atoms with van der Waals surface area (Å²) in [6.45, 7) is 9.02. The van der Waals surface area contributed by atoms with Gasteiger partial charge >= 0.3 is 0 Å². The van der Waals surface area contributed by atoms with Gasteiger partial charge in [-0.2, -0.15) is 0 Å². The van der Waals surface area contributed by atoms with Gasteiger partial charge in [0.15, 0.2) is 0 Å². The quantitative estimate of drug-likeness (QED) is 0.907. The Morgan fingerprint density at radius 1 is 1.35 bits per heavy atom. The van der Waals surface area contributed by atoms with Crippen LogP contribution < -0.4 is 4.90 Å². The van der Waals surface area contributed by atoms with Crippen LogP contribution in [0.4, 0.5) is 5.82 Å². The van der Waals surface area contributed by atoms with Crippen LogP contribution in [0.1, 0.15) is 31.3 Å². The number of likely N-dealkylation sites (N-methyl/N-ethyl adjacent to an activating group) is 1. The normalized spacial score (nSPS) is 20.8. The third-order valence-corrected chi connectivity index (χ3v) is 4.75. The minimum atomic E-state index is 0.161. The molecule has 1 aromatic heterocycles. The number of halogens is 1. The number of aliphatic hydroxyl groups excluding tert-OH is 1. The molecule has 0 bridgehead atoms. The summed E-state index contributed by atoms with van der Waals surface area (Å²) in [6.07, 6.45) is 0. The molecule has 1 unspecified atom stereocenters. The first-order valence-electron chi connectivity index (χ1n) is 7.04. The van der Waals surface area contributed by atoms with Crippen molar-refractivity contribution in [1.82, 2.24) is 14.9 Å². The second-order valence-electron chi connectivity index (χ2n) is 5.72. The number of aryl methyl sites for hydroxylation is 1. The van der Waals surface area contributed by atoms with Crippen molar-refractivity contribution in [1.29, 1.82) is 0 Å². The van der Waals surface area contributed by atoms with Crippen LogP contribution in [0, 0.1) is 6.92 Å². The Labute approximate surface area is 129 Å². The Kier molecular flexibility index (Phi) is 4.99. The van der Waals surface area contributed by atoms with Crippen LogP contribution in [0.15, 0.2) is 4.47 Å². The van der Waals surface area contributed by atoms with Crippen LogP contribution >= 0.6 is 15.9 Å². The van der Waals surface area contributed by atoms with Gasteiger partial charge < -0.3 is 10.0 Å². The zero-order valence-electron chi connectivity index (χ0n) is 12.6. The van der Waals surface area contributed by atoms with Gasteiger partial charge in [-0.05, 0) is 29.9 Å². The van der Waals surface area contributed by atoms with E-state index < -0.39 is 0 Å². The van der Waals surface area contributed by atoms with Crippen LogP contribution in [0.25, 0.3) is 0 Å². The third-order valence-electron chi connectivity index (χ3n) is 3.82. The maximum absolute atomic E-state index is 9.48. The van der Waals surface area contributed by atoms with E-state index in [1.165, 1.54) is 0 Å². The lowest BCUT2D eigenvalue weighted by molar-refractivity contribution is 0.135. The number of rotatable bonds is 3. The summed E-state index contributed by atoms with van der Waals surface area (Å²) < 4.78 is 0.961. The Bertz CT molecular complexity index is 480. The molecule has 1 aromatic rings. The number of hydrogen-bond acceptors (Lipinski definition) is 5. The van der Waals surface area contributed by atoms with E-state index >= 15 is 0 Å². The van der Waals surface area contributed by atoms with Crippen molar-refractivity contribution in [3.63, 3.8) is 0 Å². The van der Waals surface area contributed by atoms with Gasteiger partial charge in [0.1, 0.15) is 11.6 Å². The molecule has 0 aliphatic carbocycles. The summed E-state index contributed by atoms with van der Waals surface area (Å²) >= 11 is 3.61. The first kappa shape index (κ1) is 15.7.